The van der Waals surface area contributed by atoms with Crippen LogP contribution in [0.25, 0.3) is 0 Å². The number of methoxy groups -OCH3 is 1. The molecule has 0 saturated heterocycles. The minimum absolute atomic E-state index is 0.0812. The first-order valence-corrected chi connectivity index (χ1v) is 8.16. The number of aryl methyl sites for hydroxylation is 1. The quantitative estimate of drug-likeness (QED) is 0.795. The van der Waals surface area contributed by atoms with Crippen LogP contribution in [0.2, 0.25) is 5.02 Å². The van der Waals surface area contributed by atoms with Crippen molar-refractivity contribution >= 4 is 29.2 Å². The molecule has 0 radical (unpaired) electrons. The van der Waals surface area contributed by atoms with Gasteiger partial charge in [0, 0.05) is 10.7 Å². The molecule has 0 aliphatic heterocycles. The lowest BCUT2D eigenvalue weighted by Gasteiger charge is -2.15. The molecule has 5 nitrogen and oxygen atoms in total. The van der Waals surface area contributed by atoms with Gasteiger partial charge in [0.05, 0.1) is 13.5 Å². The summed E-state index contributed by atoms with van der Waals surface area (Å²) in [6.45, 7) is 3.38. The first-order chi connectivity index (χ1) is 11.9. The van der Waals surface area contributed by atoms with Crippen LogP contribution in [0.4, 0.5) is 5.69 Å². The molecule has 1 amide bonds. The molecular weight excluding hydrogens is 342 g/mol. The van der Waals surface area contributed by atoms with Crippen LogP contribution < -0.4 is 10.1 Å². The van der Waals surface area contributed by atoms with Crippen LogP contribution >= 0.6 is 11.6 Å². The average molecular weight is 362 g/mol. The van der Waals surface area contributed by atoms with Gasteiger partial charge >= 0.3 is 5.97 Å². The molecule has 6 heteroatoms. The van der Waals surface area contributed by atoms with Crippen molar-refractivity contribution in [3.05, 3.63) is 58.6 Å². The van der Waals surface area contributed by atoms with Gasteiger partial charge in [-0.2, -0.15) is 0 Å². The number of ether oxygens (including phenoxy) is 2. The van der Waals surface area contributed by atoms with E-state index in [0.717, 1.165) is 11.1 Å². The van der Waals surface area contributed by atoms with E-state index in [1.54, 1.807) is 49.6 Å². The van der Waals surface area contributed by atoms with Gasteiger partial charge in [0.15, 0.2) is 6.10 Å². The largest absolute Gasteiger partial charge is 0.497 e. The SMILES string of the molecule is COc1ccc(CC(=O)OC(C)C(=O)Nc2cc(Cl)ccc2C)cc1. The fourth-order valence-electron chi connectivity index (χ4n) is 2.17. The molecule has 2 rings (SSSR count). The number of nitrogens with one attached hydrogen (secondary N) is 1. The number of carbonyl (C=O) groups is 2. The first-order valence-electron chi connectivity index (χ1n) is 7.78. The van der Waals surface area contributed by atoms with Gasteiger partial charge in [-0.05, 0) is 49.2 Å². The van der Waals surface area contributed by atoms with Gasteiger partial charge < -0.3 is 14.8 Å². The third kappa shape index (κ3) is 5.50. The number of benzene rings is 2. The molecule has 1 atom stereocenters. The maximum absolute atomic E-state index is 12.2. The normalized spacial score (nSPS) is 11.5. The molecule has 1 N–H and O–H groups in total. The van der Waals surface area contributed by atoms with E-state index >= 15 is 0 Å². The van der Waals surface area contributed by atoms with Crippen molar-refractivity contribution in [2.45, 2.75) is 26.4 Å². The maximum atomic E-state index is 12.2. The lowest BCUT2D eigenvalue weighted by molar-refractivity contribution is -0.152. The second-order valence-electron chi connectivity index (χ2n) is 5.61. The number of carbonyl (C=O) groups excluding carboxylic acids is 2. The molecule has 0 aliphatic carbocycles. The Morgan fingerprint density at radius 1 is 1.16 bits per heavy atom. The number of hydrogen-bond donors (Lipinski definition) is 1. The van der Waals surface area contributed by atoms with Crippen LogP contribution in [-0.2, 0) is 20.7 Å². The van der Waals surface area contributed by atoms with Crippen molar-refractivity contribution in [3.63, 3.8) is 0 Å². The Labute approximate surface area is 151 Å². The van der Waals surface area contributed by atoms with Crippen LogP contribution in [0.3, 0.4) is 0 Å². The minimum Gasteiger partial charge on any atom is -0.497 e. The summed E-state index contributed by atoms with van der Waals surface area (Å²) in [5.74, 6) is -0.175. The summed E-state index contributed by atoms with van der Waals surface area (Å²) in [6, 6.07) is 12.3. The topological polar surface area (TPSA) is 64.6 Å². The Morgan fingerprint density at radius 2 is 1.84 bits per heavy atom. The van der Waals surface area contributed by atoms with E-state index in [9.17, 15) is 9.59 Å². The minimum atomic E-state index is -0.913. The third-order valence-electron chi connectivity index (χ3n) is 3.64. The number of anilines is 1. The Balaban J connectivity index is 1.91. The first kappa shape index (κ1) is 18.8. The highest BCUT2D eigenvalue weighted by atomic mass is 35.5. The number of amides is 1. The van der Waals surface area contributed by atoms with Crippen LogP contribution in [0.1, 0.15) is 18.1 Å². The van der Waals surface area contributed by atoms with Gasteiger partial charge in [-0.25, -0.2) is 0 Å². The Hall–Kier alpha value is -2.53. The molecule has 0 aliphatic rings. The zero-order valence-corrected chi connectivity index (χ0v) is 15.1. The summed E-state index contributed by atoms with van der Waals surface area (Å²) in [7, 11) is 1.57. The van der Waals surface area contributed by atoms with E-state index in [1.165, 1.54) is 6.92 Å². The fraction of sp³-hybridized carbons (Fsp3) is 0.263. The van der Waals surface area contributed by atoms with Crippen molar-refractivity contribution in [3.8, 4) is 5.75 Å². The molecule has 0 heterocycles. The summed E-state index contributed by atoms with van der Waals surface area (Å²) < 4.78 is 10.3. The molecule has 2 aromatic carbocycles. The number of halogens is 1. The molecule has 0 bridgehead atoms. The standard InChI is InChI=1S/C19H20ClNO4/c1-12-4-7-15(20)11-17(12)21-19(23)13(2)25-18(22)10-14-5-8-16(24-3)9-6-14/h4-9,11,13H,10H2,1-3H3,(H,21,23). The summed E-state index contributed by atoms with van der Waals surface area (Å²) in [6.07, 6.45) is -0.832. The van der Waals surface area contributed by atoms with Crippen LogP contribution in [-0.4, -0.2) is 25.1 Å². The van der Waals surface area contributed by atoms with Crippen LogP contribution in [0.15, 0.2) is 42.5 Å². The van der Waals surface area contributed by atoms with Crippen molar-refractivity contribution < 1.29 is 19.1 Å². The van der Waals surface area contributed by atoms with Gasteiger partial charge in [-0.15, -0.1) is 0 Å². The molecule has 25 heavy (non-hydrogen) atoms. The number of esters is 1. The Morgan fingerprint density at radius 3 is 2.48 bits per heavy atom. The Bertz CT molecular complexity index is 759. The summed E-state index contributed by atoms with van der Waals surface area (Å²) in [5.41, 5.74) is 2.24. The molecule has 0 saturated carbocycles. The fourth-order valence-corrected chi connectivity index (χ4v) is 2.34. The van der Waals surface area contributed by atoms with Gasteiger partial charge in [-0.1, -0.05) is 29.8 Å². The third-order valence-corrected chi connectivity index (χ3v) is 3.88. The lowest BCUT2D eigenvalue weighted by atomic mass is 10.1. The summed E-state index contributed by atoms with van der Waals surface area (Å²) in [5, 5.41) is 3.24. The second kappa shape index (κ2) is 8.53. The van der Waals surface area contributed by atoms with Gasteiger partial charge in [-0.3, -0.25) is 9.59 Å². The lowest BCUT2D eigenvalue weighted by Crippen LogP contribution is -2.30. The number of rotatable bonds is 6. The Kier molecular flexibility index (Phi) is 6.42. The summed E-state index contributed by atoms with van der Waals surface area (Å²) >= 11 is 5.93. The molecule has 0 fully saturated rings. The van der Waals surface area contributed by atoms with Crippen molar-refractivity contribution in [1.29, 1.82) is 0 Å². The zero-order chi connectivity index (χ0) is 18.4. The zero-order valence-electron chi connectivity index (χ0n) is 14.3. The highest BCUT2D eigenvalue weighted by molar-refractivity contribution is 6.31. The van der Waals surface area contributed by atoms with Crippen molar-refractivity contribution in [2.75, 3.05) is 12.4 Å². The highest BCUT2D eigenvalue weighted by Crippen LogP contribution is 2.20. The molecule has 2 aromatic rings. The molecule has 0 aromatic heterocycles. The predicted molar refractivity (Wildman–Crippen MR) is 97.1 cm³/mol. The van der Waals surface area contributed by atoms with E-state index in [1.807, 2.05) is 6.92 Å². The smallest absolute Gasteiger partial charge is 0.311 e. The van der Waals surface area contributed by atoms with E-state index in [0.29, 0.717) is 16.5 Å². The van der Waals surface area contributed by atoms with Crippen LogP contribution in [0, 0.1) is 6.92 Å². The van der Waals surface area contributed by atoms with E-state index in [4.69, 9.17) is 21.1 Å². The average Bonchev–Trinajstić information content (AvgIpc) is 2.58. The van der Waals surface area contributed by atoms with Crippen LogP contribution in [0.5, 0.6) is 5.75 Å². The summed E-state index contributed by atoms with van der Waals surface area (Å²) in [4.78, 5) is 24.2. The molecule has 1 unspecified atom stereocenters. The van der Waals surface area contributed by atoms with Gasteiger partial charge in [0.2, 0.25) is 0 Å². The maximum Gasteiger partial charge on any atom is 0.311 e. The predicted octanol–water partition coefficient (Wildman–Crippen LogP) is 3.77. The number of hydrogen-bond acceptors (Lipinski definition) is 4. The second-order valence-corrected chi connectivity index (χ2v) is 6.04. The van der Waals surface area contributed by atoms with Gasteiger partial charge in [0.1, 0.15) is 5.75 Å². The monoisotopic (exact) mass is 361 g/mol. The van der Waals surface area contributed by atoms with E-state index in [2.05, 4.69) is 5.32 Å². The van der Waals surface area contributed by atoms with Crippen molar-refractivity contribution in [1.82, 2.24) is 0 Å². The van der Waals surface area contributed by atoms with Gasteiger partial charge in [0.25, 0.3) is 5.91 Å². The molecule has 132 valence electrons. The van der Waals surface area contributed by atoms with E-state index < -0.39 is 18.0 Å². The van der Waals surface area contributed by atoms with Crippen molar-refractivity contribution in [2.24, 2.45) is 0 Å². The van der Waals surface area contributed by atoms with E-state index in [-0.39, 0.29) is 6.42 Å². The molecular formula is C19H20ClNO4. The molecule has 0 spiro atoms. The highest BCUT2D eigenvalue weighted by Gasteiger charge is 2.19.